The Morgan fingerprint density at radius 2 is 2.28 bits per heavy atom. The lowest BCUT2D eigenvalue weighted by molar-refractivity contribution is -0.142. The number of ether oxygens (including phenoxy) is 3. The Kier molecular flexibility index (Phi) is 7.49. The molecule has 0 saturated carbocycles. The third-order valence-electron chi connectivity index (χ3n) is 3.86. The number of carbonyl (C=O) groups is 2. The number of carboxylic acid groups (broad SMARTS) is 1. The van der Waals surface area contributed by atoms with E-state index in [4.69, 9.17) is 25.8 Å². The number of hydrogen-bond acceptors (Lipinski definition) is 5. The van der Waals surface area contributed by atoms with E-state index in [9.17, 15) is 14.7 Å². The van der Waals surface area contributed by atoms with E-state index >= 15 is 0 Å². The van der Waals surface area contributed by atoms with Crippen molar-refractivity contribution in [2.75, 3.05) is 26.9 Å². The smallest absolute Gasteiger partial charge is 0.330 e. The number of carbonyl (C=O) groups excluding carboxylic acids is 1. The summed E-state index contributed by atoms with van der Waals surface area (Å²) in [7, 11) is 1.47. The Morgan fingerprint density at radius 3 is 2.88 bits per heavy atom. The fourth-order valence-corrected chi connectivity index (χ4v) is 2.80. The second-order valence-electron chi connectivity index (χ2n) is 5.69. The number of rotatable bonds is 9. The summed E-state index contributed by atoms with van der Waals surface area (Å²) >= 11 is 6.02. The quantitative estimate of drug-likeness (QED) is 0.646. The number of amides is 1. The average Bonchev–Trinajstić information content (AvgIpc) is 3.09. The first kappa shape index (κ1) is 19.5. The van der Waals surface area contributed by atoms with E-state index in [-0.39, 0.29) is 24.2 Å². The van der Waals surface area contributed by atoms with Crippen molar-refractivity contribution in [2.45, 2.75) is 31.4 Å². The lowest BCUT2D eigenvalue weighted by Crippen LogP contribution is -2.34. The van der Waals surface area contributed by atoms with Crippen molar-refractivity contribution in [1.82, 2.24) is 5.32 Å². The van der Waals surface area contributed by atoms with Gasteiger partial charge in [0, 0.05) is 13.0 Å². The molecule has 1 fully saturated rings. The number of benzene rings is 1. The third-order valence-corrected chi connectivity index (χ3v) is 4.16. The van der Waals surface area contributed by atoms with Crippen LogP contribution in [0.3, 0.4) is 0 Å². The van der Waals surface area contributed by atoms with Crippen LogP contribution >= 0.6 is 11.6 Å². The molecule has 1 aliphatic rings. The fourth-order valence-electron chi connectivity index (χ4n) is 2.54. The highest BCUT2D eigenvalue weighted by Gasteiger charge is 2.23. The molecule has 0 bridgehead atoms. The molecule has 1 amide bonds. The van der Waals surface area contributed by atoms with Crippen molar-refractivity contribution in [3.63, 3.8) is 0 Å². The summed E-state index contributed by atoms with van der Waals surface area (Å²) in [5.74, 6) is -1.15. The maximum Gasteiger partial charge on any atom is 0.330 e. The molecule has 1 aliphatic heterocycles. The van der Waals surface area contributed by atoms with Crippen LogP contribution in [0.15, 0.2) is 18.2 Å². The zero-order chi connectivity index (χ0) is 18.2. The topological polar surface area (TPSA) is 94.1 Å². The maximum atomic E-state index is 12.0. The van der Waals surface area contributed by atoms with Crippen LogP contribution in [0.4, 0.5) is 0 Å². The number of aliphatic carboxylic acids is 1. The van der Waals surface area contributed by atoms with E-state index in [1.807, 2.05) is 0 Å². The molecule has 1 heterocycles. The average molecular weight is 372 g/mol. The number of halogens is 1. The van der Waals surface area contributed by atoms with Gasteiger partial charge < -0.3 is 24.6 Å². The predicted octanol–water partition coefficient (Wildman–Crippen LogP) is 2.18. The van der Waals surface area contributed by atoms with Crippen molar-refractivity contribution in [3.8, 4) is 5.75 Å². The molecular formula is C17H22ClNO6. The van der Waals surface area contributed by atoms with Gasteiger partial charge >= 0.3 is 5.97 Å². The highest BCUT2D eigenvalue weighted by atomic mass is 35.5. The lowest BCUT2D eigenvalue weighted by atomic mass is 10.1. The number of carboxylic acids is 1. The molecule has 7 nitrogen and oxygen atoms in total. The normalized spacial score (nSPS) is 17.9. The summed E-state index contributed by atoms with van der Waals surface area (Å²) in [6.07, 6.45) is 2.15. The van der Waals surface area contributed by atoms with E-state index in [0.717, 1.165) is 19.4 Å². The molecule has 2 atom stereocenters. The standard InChI is InChI=1S/C17H22ClNO6/c1-23-14-5-4-11(9-13(14)18)16(17(21)22)19-15(20)6-8-24-10-12-3-2-7-25-12/h4-5,9,12,16H,2-3,6-8,10H2,1H3,(H,19,20)(H,21,22). The molecule has 1 aromatic carbocycles. The van der Waals surface area contributed by atoms with Crippen LogP contribution in [0.25, 0.3) is 0 Å². The number of methoxy groups -OCH3 is 1. The summed E-state index contributed by atoms with van der Waals surface area (Å²) in [6, 6.07) is 3.39. The number of hydrogen-bond donors (Lipinski definition) is 2. The first-order valence-corrected chi connectivity index (χ1v) is 8.44. The highest BCUT2D eigenvalue weighted by molar-refractivity contribution is 6.32. The highest BCUT2D eigenvalue weighted by Crippen LogP contribution is 2.27. The van der Waals surface area contributed by atoms with Crippen molar-refractivity contribution >= 4 is 23.5 Å². The molecule has 0 aromatic heterocycles. The molecule has 1 aromatic rings. The van der Waals surface area contributed by atoms with Gasteiger partial charge in [0.1, 0.15) is 5.75 Å². The molecule has 0 spiro atoms. The van der Waals surface area contributed by atoms with Crippen molar-refractivity contribution < 1.29 is 28.9 Å². The van der Waals surface area contributed by atoms with Crippen LogP contribution in [0.5, 0.6) is 5.75 Å². The van der Waals surface area contributed by atoms with E-state index < -0.39 is 17.9 Å². The van der Waals surface area contributed by atoms with E-state index in [1.54, 1.807) is 12.1 Å². The van der Waals surface area contributed by atoms with Crippen LogP contribution in [0.2, 0.25) is 5.02 Å². The van der Waals surface area contributed by atoms with Crippen LogP contribution in [-0.2, 0) is 19.1 Å². The Balaban J connectivity index is 1.84. The minimum Gasteiger partial charge on any atom is -0.495 e. The monoisotopic (exact) mass is 371 g/mol. The van der Waals surface area contributed by atoms with Gasteiger partial charge in [-0.15, -0.1) is 0 Å². The van der Waals surface area contributed by atoms with Crippen LogP contribution in [0.1, 0.15) is 30.9 Å². The zero-order valence-corrected chi connectivity index (χ0v) is 14.8. The summed E-state index contributed by atoms with van der Waals surface area (Å²) in [5.41, 5.74) is 0.368. The Labute approximate surface area is 151 Å². The van der Waals surface area contributed by atoms with E-state index in [2.05, 4.69) is 5.32 Å². The van der Waals surface area contributed by atoms with Gasteiger partial charge in [-0.25, -0.2) is 4.79 Å². The third kappa shape index (κ3) is 5.88. The van der Waals surface area contributed by atoms with Crippen LogP contribution in [-0.4, -0.2) is 50.0 Å². The van der Waals surface area contributed by atoms with Gasteiger partial charge in [0.2, 0.25) is 5.91 Å². The second-order valence-corrected chi connectivity index (χ2v) is 6.10. The van der Waals surface area contributed by atoms with Gasteiger partial charge in [0.25, 0.3) is 0 Å². The van der Waals surface area contributed by atoms with Gasteiger partial charge in [-0.2, -0.15) is 0 Å². The molecule has 0 radical (unpaired) electrons. The second kappa shape index (κ2) is 9.60. The Bertz CT molecular complexity index is 603. The summed E-state index contributed by atoms with van der Waals surface area (Å²) in [4.78, 5) is 23.5. The van der Waals surface area contributed by atoms with Crippen molar-refractivity contribution in [1.29, 1.82) is 0 Å². The van der Waals surface area contributed by atoms with Gasteiger partial charge in [0.05, 0.1) is 31.5 Å². The molecule has 0 aliphatic carbocycles. The first-order valence-electron chi connectivity index (χ1n) is 8.06. The van der Waals surface area contributed by atoms with Gasteiger partial charge in [-0.3, -0.25) is 4.79 Å². The van der Waals surface area contributed by atoms with Gasteiger partial charge in [-0.1, -0.05) is 17.7 Å². The molecular weight excluding hydrogens is 350 g/mol. The molecule has 138 valence electrons. The fraction of sp³-hybridized carbons (Fsp3) is 0.529. The molecule has 2 N–H and O–H groups in total. The predicted molar refractivity (Wildman–Crippen MR) is 90.9 cm³/mol. The summed E-state index contributed by atoms with van der Waals surface area (Å²) in [6.45, 7) is 1.41. The summed E-state index contributed by atoms with van der Waals surface area (Å²) < 4.78 is 15.9. The molecule has 2 rings (SSSR count). The zero-order valence-electron chi connectivity index (χ0n) is 14.0. The minimum atomic E-state index is -1.19. The van der Waals surface area contributed by atoms with Crippen LogP contribution < -0.4 is 10.1 Å². The van der Waals surface area contributed by atoms with Gasteiger partial charge in [-0.05, 0) is 30.5 Å². The van der Waals surface area contributed by atoms with Crippen molar-refractivity contribution in [2.24, 2.45) is 0 Å². The molecule has 8 heteroatoms. The van der Waals surface area contributed by atoms with Crippen molar-refractivity contribution in [3.05, 3.63) is 28.8 Å². The van der Waals surface area contributed by atoms with E-state index in [1.165, 1.54) is 13.2 Å². The SMILES string of the molecule is COc1ccc(C(NC(=O)CCOCC2CCCO2)C(=O)O)cc1Cl. The van der Waals surface area contributed by atoms with E-state index in [0.29, 0.717) is 17.9 Å². The Hall–Kier alpha value is -1.83. The van der Waals surface area contributed by atoms with Gasteiger partial charge in [0.15, 0.2) is 6.04 Å². The number of nitrogens with one attached hydrogen (secondary N) is 1. The summed E-state index contributed by atoms with van der Waals surface area (Å²) in [5, 5.41) is 12.1. The lowest BCUT2D eigenvalue weighted by Gasteiger charge is -2.16. The van der Waals surface area contributed by atoms with Crippen LogP contribution in [0, 0.1) is 0 Å². The molecule has 1 saturated heterocycles. The Morgan fingerprint density at radius 1 is 1.48 bits per heavy atom. The largest absolute Gasteiger partial charge is 0.495 e. The molecule has 25 heavy (non-hydrogen) atoms. The maximum absolute atomic E-state index is 12.0. The molecule has 2 unspecified atom stereocenters. The first-order chi connectivity index (χ1) is 12.0. The minimum absolute atomic E-state index is 0.0698.